The molecule has 3 rings (SSSR count). The standard InChI is InChI=1S/C34H35F5O8S/c1-3-10-24-27(15-14-22(20(2)40)31(24)43)46-16-9-7-5-4-6-8-11-30(26(42)19-33(35,36)34(37,38)39)48-21-12-13-23-25(41)18-29(32(44)45)47-28(23)17-21/h4,6,8,11-15,17-18,26,30,42-43H,3,5,7,9-10,16,19H2,1-2H3,(H,44,45)/b6-4-,11-8+/t26-,30+/m1/s1. The lowest BCUT2D eigenvalue weighted by Crippen LogP contribution is -2.41. The van der Waals surface area contributed by atoms with E-state index in [0.717, 1.165) is 24.2 Å². The molecule has 0 fully saturated rings. The highest BCUT2D eigenvalue weighted by Crippen LogP contribution is 2.41. The van der Waals surface area contributed by atoms with E-state index in [0.29, 0.717) is 43.6 Å². The van der Waals surface area contributed by atoms with Gasteiger partial charge in [0.1, 0.15) is 17.1 Å². The van der Waals surface area contributed by atoms with Gasteiger partial charge in [0, 0.05) is 22.9 Å². The van der Waals surface area contributed by atoms with Crippen molar-refractivity contribution in [3.05, 3.63) is 87.8 Å². The van der Waals surface area contributed by atoms with Gasteiger partial charge in [0.2, 0.25) is 5.76 Å². The zero-order valence-corrected chi connectivity index (χ0v) is 26.9. The van der Waals surface area contributed by atoms with Gasteiger partial charge in [0.25, 0.3) is 0 Å². The minimum atomic E-state index is -5.87. The molecule has 0 aliphatic rings. The van der Waals surface area contributed by atoms with Gasteiger partial charge in [0.15, 0.2) is 11.2 Å². The molecule has 0 saturated carbocycles. The lowest BCUT2D eigenvalue weighted by Gasteiger charge is -2.26. The number of aromatic carboxylic acids is 1. The Morgan fingerprint density at radius 3 is 2.44 bits per heavy atom. The molecule has 0 aliphatic carbocycles. The van der Waals surface area contributed by atoms with Crippen molar-refractivity contribution in [2.75, 3.05) is 6.61 Å². The zero-order chi connectivity index (χ0) is 35.6. The Bertz CT molecular complexity index is 1710. The molecule has 1 aromatic heterocycles. The number of Topliss-reactive ketones (excluding diaryl/α,β-unsaturated/α-hetero) is 1. The number of aliphatic hydroxyl groups excluding tert-OH is 1. The Morgan fingerprint density at radius 2 is 1.79 bits per heavy atom. The SMILES string of the molecule is CCCc1c(OCCCC/C=C\C=C\[C@H](Sc2ccc3c(=O)cc(C(=O)O)oc3c2)[C@H](O)CC(F)(F)C(F)(F)F)ccc(C(C)=O)c1O. The van der Waals surface area contributed by atoms with Crippen LogP contribution in [-0.4, -0.2) is 57.1 Å². The van der Waals surface area contributed by atoms with E-state index in [1.165, 1.54) is 43.3 Å². The van der Waals surface area contributed by atoms with Crippen molar-refractivity contribution in [1.82, 2.24) is 0 Å². The maximum Gasteiger partial charge on any atom is 0.453 e. The monoisotopic (exact) mass is 698 g/mol. The van der Waals surface area contributed by atoms with Crippen LogP contribution in [0.2, 0.25) is 0 Å². The second-order valence-corrected chi connectivity index (χ2v) is 12.1. The molecule has 3 N–H and O–H groups in total. The van der Waals surface area contributed by atoms with E-state index in [1.807, 2.05) is 6.92 Å². The van der Waals surface area contributed by atoms with Crippen molar-refractivity contribution in [3.8, 4) is 11.5 Å². The number of carboxylic acid groups (broad SMARTS) is 1. The van der Waals surface area contributed by atoms with Crippen LogP contribution >= 0.6 is 11.8 Å². The zero-order valence-electron chi connectivity index (χ0n) is 26.1. The molecule has 0 radical (unpaired) electrons. The third-order valence-electron chi connectivity index (χ3n) is 7.13. The maximum atomic E-state index is 13.8. The molecule has 1 heterocycles. The molecule has 0 bridgehead atoms. The summed E-state index contributed by atoms with van der Waals surface area (Å²) in [5.41, 5.74) is 0.00684. The quantitative estimate of drug-likeness (QED) is 0.0420. The third-order valence-corrected chi connectivity index (χ3v) is 8.40. The number of rotatable bonds is 17. The number of phenolic OH excluding ortho intramolecular Hbond substituents is 1. The fourth-order valence-electron chi connectivity index (χ4n) is 4.64. The summed E-state index contributed by atoms with van der Waals surface area (Å²) < 4.78 is 77.3. The van der Waals surface area contributed by atoms with Crippen LogP contribution in [0.25, 0.3) is 11.0 Å². The Kier molecular flexibility index (Phi) is 13.4. The van der Waals surface area contributed by atoms with Crippen LogP contribution in [0.5, 0.6) is 11.5 Å². The van der Waals surface area contributed by atoms with E-state index in [1.54, 1.807) is 18.2 Å². The highest BCUT2D eigenvalue weighted by Gasteiger charge is 2.58. The van der Waals surface area contributed by atoms with Gasteiger partial charge in [-0.15, -0.1) is 11.8 Å². The molecular formula is C34H35F5O8S. The fraction of sp³-hybridized carbons (Fsp3) is 0.382. The first-order chi connectivity index (χ1) is 22.6. The van der Waals surface area contributed by atoms with Gasteiger partial charge >= 0.3 is 18.1 Å². The number of fused-ring (bicyclic) bond motifs is 1. The van der Waals surface area contributed by atoms with E-state index >= 15 is 0 Å². The second-order valence-electron chi connectivity index (χ2n) is 10.9. The number of aromatic hydroxyl groups is 1. The summed E-state index contributed by atoms with van der Waals surface area (Å²) in [6, 6.07) is 7.87. The van der Waals surface area contributed by atoms with Crippen LogP contribution in [-0.2, 0) is 6.42 Å². The number of carbonyl (C=O) groups is 2. The van der Waals surface area contributed by atoms with E-state index in [9.17, 15) is 46.5 Å². The van der Waals surface area contributed by atoms with Crippen molar-refractivity contribution >= 4 is 34.5 Å². The average molecular weight is 699 g/mol. The largest absolute Gasteiger partial charge is 0.507 e. The van der Waals surface area contributed by atoms with Gasteiger partial charge in [-0.3, -0.25) is 9.59 Å². The molecule has 2 aromatic carbocycles. The molecule has 3 aromatic rings. The number of alkyl halides is 5. The highest BCUT2D eigenvalue weighted by molar-refractivity contribution is 8.00. The van der Waals surface area contributed by atoms with Gasteiger partial charge in [-0.1, -0.05) is 37.6 Å². The third kappa shape index (κ3) is 10.2. The van der Waals surface area contributed by atoms with E-state index in [-0.39, 0.29) is 33.0 Å². The number of benzene rings is 2. The van der Waals surface area contributed by atoms with Crippen LogP contribution in [0.3, 0.4) is 0 Å². The molecule has 260 valence electrons. The Labute approximate surface area is 276 Å². The molecular weight excluding hydrogens is 663 g/mol. The van der Waals surface area contributed by atoms with Crippen molar-refractivity contribution in [1.29, 1.82) is 0 Å². The number of allylic oxidation sites excluding steroid dienone is 3. The highest BCUT2D eigenvalue weighted by atomic mass is 32.2. The second kappa shape index (κ2) is 16.8. The summed E-state index contributed by atoms with van der Waals surface area (Å²) in [6.07, 6.45) is -0.830. The Hall–Kier alpha value is -4.17. The Morgan fingerprint density at radius 1 is 1.06 bits per heavy atom. The minimum Gasteiger partial charge on any atom is -0.507 e. The number of carboxylic acids is 1. The minimum absolute atomic E-state index is 0.0272. The lowest BCUT2D eigenvalue weighted by atomic mass is 10.0. The number of aliphatic hydroxyl groups is 1. The molecule has 14 heteroatoms. The number of thioether (sulfide) groups is 1. The van der Waals surface area contributed by atoms with Gasteiger partial charge in [0.05, 0.1) is 28.9 Å². The number of carbonyl (C=O) groups excluding carboxylic acids is 1. The molecule has 2 atom stereocenters. The summed E-state index contributed by atoms with van der Waals surface area (Å²) in [7, 11) is 0. The summed E-state index contributed by atoms with van der Waals surface area (Å²) in [4.78, 5) is 35.4. The summed E-state index contributed by atoms with van der Waals surface area (Å²) in [5.74, 6) is -7.15. The predicted molar refractivity (Wildman–Crippen MR) is 170 cm³/mol. The van der Waals surface area contributed by atoms with Gasteiger partial charge in [-0.05, 0) is 62.9 Å². The average Bonchev–Trinajstić information content (AvgIpc) is 2.99. The van der Waals surface area contributed by atoms with Crippen LogP contribution < -0.4 is 10.2 Å². The first kappa shape index (κ1) is 38.3. The summed E-state index contributed by atoms with van der Waals surface area (Å²) in [6.45, 7) is 3.64. The fourth-order valence-corrected chi connectivity index (χ4v) is 5.69. The van der Waals surface area contributed by atoms with Gasteiger partial charge < -0.3 is 24.5 Å². The van der Waals surface area contributed by atoms with E-state index in [2.05, 4.69) is 0 Å². The number of ether oxygens (including phenoxy) is 1. The lowest BCUT2D eigenvalue weighted by molar-refractivity contribution is -0.289. The predicted octanol–water partition coefficient (Wildman–Crippen LogP) is 8.12. The molecule has 8 nitrogen and oxygen atoms in total. The van der Waals surface area contributed by atoms with Crippen molar-refractivity contribution in [3.63, 3.8) is 0 Å². The summed E-state index contributed by atoms with van der Waals surface area (Å²) >= 11 is 0.730. The van der Waals surface area contributed by atoms with E-state index in [4.69, 9.17) is 14.3 Å². The van der Waals surface area contributed by atoms with Crippen LogP contribution in [0, 0.1) is 0 Å². The maximum absolute atomic E-state index is 13.8. The first-order valence-electron chi connectivity index (χ1n) is 15.0. The number of unbranched alkanes of at least 4 members (excludes halogenated alkanes) is 2. The molecule has 0 aliphatic heterocycles. The smallest absolute Gasteiger partial charge is 0.453 e. The number of hydrogen-bond donors (Lipinski definition) is 3. The topological polar surface area (TPSA) is 134 Å². The molecule has 0 spiro atoms. The van der Waals surface area contributed by atoms with Crippen molar-refractivity contribution in [2.24, 2.45) is 0 Å². The Balaban J connectivity index is 1.66. The number of phenols is 1. The number of ketones is 1. The van der Waals surface area contributed by atoms with Crippen molar-refractivity contribution < 1.29 is 56.0 Å². The molecule has 0 unspecified atom stereocenters. The molecule has 0 saturated heterocycles. The number of hydrogen-bond acceptors (Lipinski definition) is 8. The van der Waals surface area contributed by atoms with Gasteiger partial charge in [-0.25, -0.2) is 4.79 Å². The summed E-state index contributed by atoms with van der Waals surface area (Å²) in [5, 5.41) is 28.8. The van der Waals surface area contributed by atoms with Crippen LogP contribution in [0.1, 0.15) is 72.4 Å². The number of halogens is 5. The first-order valence-corrected chi connectivity index (χ1v) is 15.9. The van der Waals surface area contributed by atoms with Crippen LogP contribution in [0.15, 0.2) is 74.8 Å². The molecule has 0 amide bonds. The van der Waals surface area contributed by atoms with E-state index < -0.39 is 47.0 Å². The van der Waals surface area contributed by atoms with Crippen LogP contribution in [0.4, 0.5) is 22.0 Å². The normalized spacial score (nSPS) is 13.8. The van der Waals surface area contributed by atoms with Gasteiger partial charge in [-0.2, -0.15) is 22.0 Å². The molecule has 48 heavy (non-hydrogen) atoms. The van der Waals surface area contributed by atoms with Crippen molar-refractivity contribution in [2.45, 2.75) is 80.7 Å².